The number of benzene rings is 2. The van der Waals surface area contributed by atoms with E-state index in [4.69, 9.17) is 4.74 Å². The predicted molar refractivity (Wildman–Crippen MR) is 116 cm³/mol. The molecule has 2 aromatic rings. The summed E-state index contributed by atoms with van der Waals surface area (Å²) in [6.45, 7) is 9.94. The highest BCUT2D eigenvalue weighted by Gasteiger charge is 2.13. The van der Waals surface area contributed by atoms with Crippen LogP contribution in [0, 0.1) is 0 Å². The fourth-order valence-corrected chi connectivity index (χ4v) is 2.91. The molecule has 2 amide bonds. The summed E-state index contributed by atoms with van der Waals surface area (Å²) in [6, 6.07) is 14.8. The van der Waals surface area contributed by atoms with Gasteiger partial charge in [-0.15, -0.1) is 0 Å². The summed E-state index contributed by atoms with van der Waals surface area (Å²) < 4.78 is 5.62. The van der Waals surface area contributed by atoms with Gasteiger partial charge in [-0.25, -0.2) is 0 Å². The maximum absolute atomic E-state index is 12.4. The molecule has 0 saturated carbocycles. The third kappa shape index (κ3) is 7.23. The number of nitrogens with zero attached hydrogens (tertiary/aromatic N) is 1. The second kappa shape index (κ2) is 11.2. The average Bonchev–Trinajstić information content (AvgIpc) is 2.70. The van der Waals surface area contributed by atoms with E-state index in [1.807, 2.05) is 52.0 Å². The third-order valence-electron chi connectivity index (χ3n) is 4.35. The second-order valence-corrected chi connectivity index (χ2v) is 7.02. The highest BCUT2D eigenvalue weighted by Crippen LogP contribution is 2.14. The van der Waals surface area contributed by atoms with E-state index in [1.54, 1.807) is 29.2 Å². The molecule has 0 heterocycles. The summed E-state index contributed by atoms with van der Waals surface area (Å²) in [4.78, 5) is 26.4. The van der Waals surface area contributed by atoms with Crippen LogP contribution in [0.2, 0.25) is 0 Å². The quantitative estimate of drug-likeness (QED) is 0.642. The highest BCUT2D eigenvalue weighted by atomic mass is 16.5. The SMILES string of the molecule is CCN(CC)C(=O)c1cccc(NC(=O)CNCc2ccc(OC(C)C)cc2)c1. The van der Waals surface area contributed by atoms with Gasteiger partial charge >= 0.3 is 0 Å². The molecule has 0 aliphatic heterocycles. The van der Waals surface area contributed by atoms with Gasteiger partial charge in [0.2, 0.25) is 5.91 Å². The number of ether oxygens (including phenoxy) is 1. The van der Waals surface area contributed by atoms with Crippen molar-refractivity contribution in [1.82, 2.24) is 10.2 Å². The van der Waals surface area contributed by atoms with Gasteiger partial charge in [-0.1, -0.05) is 18.2 Å². The van der Waals surface area contributed by atoms with Gasteiger partial charge in [0.15, 0.2) is 0 Å². The van der Waals surface area contributed by atoms with E-state index < -0.39 is 0 Å². The molecular formula is C23H31N3O3. The number of anilines is 1. The lowest BCUT2D eigenvalue weighted by Crippen LogP contribution is -2.30. The first-order valence-electron chi connectivity index (χ1n) is 10.1. The van der Waals surface area contributed by atoms with Gasteiger partial charge in [0.1, 0.15) is 5.75 Å². The molecule has 2 rings (SSSR count). The van der Waals surface area contributed by atoms with Gasteiger partial charge in [0.25, 0.3) is 5.91 Å². The van der Waals surface area contributed by atoms with Gasteiger partial charge in [-0.05, 0) is 63.6 Å². The van der Waals surface area contributed by atoms with Crippen LogP contribution in [-0.2, 0) is 11.3 Å². The number of nitrogens with one attached hydrogen (secondary N) is 2. The molecule has 0 saturated heterocycles. The number of carbonyl (C=O) groups excluding carboxylic acids is 2. The van der Waals surface area contributed by atoms with Gasteiger partial charge in [0.05, 0.1) is 12.6 Å². The number of amides is 2. The molecule has 2 aromatic carbocycles. The van der Waals surface area contributed by atoms with Crippen molar-refractivity contribution >= 4 is 17.5 Å². The van der Waals surface area contributed by atoms with Gasteiger partial charge < -0.3 is 20.3 Å². The summed E-state index contributed by atoms with van der Waals surface area (Å²) >= 11 is 0. The Bertz CT molecular complexity index is 799. The summed E-state index contributed by atoms with van der Waals surface area (Å²) in [5, 5.41) is 5.96. The molecule has 0 aromatic heterocycles. The van der Waals surface area contributed by atoms with E-state index in [9.17, 15) is 9.59 Å². The van der Waals surface area contributed by atoms with E-state index in [-0.39, 0.29) is 24.5 Å². The molecule has 6 nitrogen and oxygen atoms in total. The minimum Gasteiger partial charge on any atom is -0.491 e. The highest BCUT2D eigenvalue weighted by molar-refractivity contribution is 5.97. The number of carbonyl (C=O) groups is 2. The van der Waals surface area contributed by atoms with Crippen LogP contribution < -0.4 is 15.4 Å². The zero-order valence-corrected chi connectivity index (χ0v) is 17.7. The number of hydrogen-bond acceptors (Lipinski definition) is 4. The standard InChI is InChI=1S/C23H31N3O3/c1-5-26(6-2)23(28)19-8-7-9-20(14-19)25-22(27)16-24-15-18-10-12-21(13-11-18)29-17(3)4/h7-14,17,24H,5-6,15-16H2,1-4H3,(H,25,27). The molecular weight excluding hydrogens is 366 g/mol. The summed E-state index contributed by atoms with van der Waals surface area (Å²) in [6.07, 6.45) is 0.142. The van der Waals surface area contributed by atoms with Crippen LogP contribution in [0.4, 0.5) is 5.69 Å². The molecule has 0 radical (unpaired) electrons. The maximum atomic E-state index is 12.4. The number of hydrogen-bond donors (Lipinski definition) is 2. The minimum absolute atomic E-state index is 0.0332. The fourth-order valence-electron chi connectivity index (χ4n) is 2.91. The average molecular weight is 398 g/mol. The summed E-state index contributed by atoms with van der Waals surface area (Å²) in [5.41, 5.74) is 2.26. The van der Waals surface area contributed by atoms with Crippen molar-refractivity contribution in [3.8, 4) is 5.75 Å². The van der Waals surface area contributed by atoms with Crippen LogP contribution in [0.1, 0.15) is 43.6 Å². The van der Waals surface area contributed by atoms with Crippen LogP contribution in [0.15, 0.2) is 48.5 Å². The Balaban J connectivity index is 1.83. The normalized spacial score (nSPS) is 10.7. The van der Waals surface area contributed by atoms with Crippen molar-refractivity contribution in [3.05, 3.63) is 59.7 Å². The Morgan fingerprint density at radius 2 is 1.72 bits per heavy atom. The lowest BCUT2D eigenvalue weighted by molar-refractivity contribution is -0.115. The van der Waals surface area contributed by atoms with E-state index in [1.165, 1.54) is 0 Å². The molecule has 0 aliphatic carbocycles. The van der Waals surface area contributed by atoms with Crippen molar-refractivity contribution in [2.45, 2.75) is 40.3 Å². The smallest absolute Gasteiger partial charge is 0.253 e. The summed E-state index contributed by atoms with van der Waals surface area (Å²) in [5.74, 6) is 0.645. The van der Waals surface area contributed by atoms with E-state index in [2.05, 4.69) is 10.6 Å². The first-order chi connectivity index (χ1) is 13.9. The van der Waals surface area contributed by atoms with E-state index in [0.717, 1.165) is 11.3 Å². The minimum atomic E-state index is -0.155. The molecule has 0 aliphatic rings. The van der Waals surface area contributed by atoms with Gasteiger partial charge in [-0.3, -0.25) is 9.59 Å². The van der Waals surface area contributed by atoms with Crippen molar-refractivity contribution < 1.29 is 14.3 Å². The molecule has 0 fully saturated rings. The van der Waals surface area contributed by atoms with Crippen LogP contribution in [0.3, 0.4) is 0 Å². The third-order valence-corrected chi connectivity index (χ3v) is 4.35. The Morgan fingerprint density at radius 1 is 1.03 bits per heavy atom. The van der Waals surface area contributed by atoms with Crippen molar-refractivity contribution in [3.63, 3.8) is 0 Å². The topological polar surface area (TPSA) is 70.7 Å². The second-order valence-electron chi connectivity index (χ2n) is 7.02. The van der Waals surface area contributed by atoms with Crippen LogP contribution in [0.25, 0.3) is 0 Å². The zero-order chi connectivity index (χ0) is 21.2. The van der Waals surface area contributed by atoms with Crippen molar-refractivity contribution in [1.29, 1.82) is 0 Å². The molecule has 6 heteroatoms. The Kier molecular flexibility index (Phi) is 8.68. The van der Waals surface area contributed by atoms with E-state index >= 15 is 0 Å². The molecule has 156 valence electrons. The predicted octanol–water partition coefficient (Wildman–Crippen LogP) is 3.68. The first kappa shape index (κ1) is 22.4. The molecule has 2 N–H and O–H groups in total. The lowest BCUT2D eigenvalue weighted by atomic mass is 10.1. The lowest BCUT2D eigenvalue weighted by Gasteiger charge is -2.19. The largest absolute Gasteiger partial charge is 0.491 e. The Morgan fingerprint density at radius 3 is 2.34 bits per heavy atom. The Labute approximate surface area is 173 Å². The zero-order valence-electron chi connectivity index (χ0n) is 17.7. The Hall–Kier alpha value is -2.86. The molecule has 0 spiro atoms. The monoisotopic (exact) mass is 397 g/mol. The molecule has 0 atom stereocenters. The van der Waals surface area contributed by atoms with Gasteiger partial charge in [0, 0.05) is 30.9 Å². The molecule has 0 unspecified atom stereocenters. The van der Waals surface area contributed by atoms with E-state index in [0.29, 0.717) is 30.9 Å². The van der Waals surface area contributed by atoms with Crippen molar-refractivity contribution in [2.24, 2.45) is 0 Å². The number of rotatable bonds is 10. The summed E-state index contributed by atoms with van der Waals surface area (Å²) in [7, 11) is 0. The fraction of sp³-hybridized carbons (Fsp3) is 0.391. The van der Waals surface area contributed by atoms with Crippen molar-refractivity contribution in [2.75, 3.05) is 25.0 Å². The van der Waals surface area contributed by atoms with Crippen LogP contribution in [0.5, 0.6) is 5.75 Å². The van der Waals surface area contributed by atoms with Gasteiger partial charge in [-0.2, -0.15) is 0 Å². The molecule has 29 heavy (non-hydrogen) atoms. The maximum Gasteiger partial charge on any atom is 0.253 e. The molecule has 0 bridgehead atoms. The first-order valence-corrected chi connectivity index (χ1v) is 10.1. The van der Waals surface area contributed by atoms with Crippen LogP contribution in [-0.4, -0.2) is 42.5 Å². The van der Waals surface area contributed by atoms with Crippen LogP contribution >= 0.6 is 0 Å².